The molecule has 0 atom stereocenters. The van der Waals surface area contributed by atoms with Crippen LogP contribution < -0.4 is 11.2 Å². The van der Waals surface area contributed by atoms with E-state index in [9.17, 15) is 9.59 Å². The summed E-state index contributed by atoms with van der Waals surface area (Å²) in [6, 6.07) is 0. The Bertz CT molecular complexity index is 709. The first-order valence-corrected chi connectivity index (χ1v) is 7.10. The zero-order valence-corrected chi connectivity index (χ0v) is 11.7. The number of aromatic nitrogens is 2. The summed E-state index contributed by atoms with van der Waals surface area (Å²) >= 11 is 4.80. The Morgan fingerprint density at radius 1 is 1.47 bits per heavy atom. The fourth-order valence-electron chi connectivity index (χ4n) is 1.95. The molecule has 17 heavy (non-hydrogen) atoms. The van der Waals surface area contributed by atoms with E-state index in [0.717, 1.165) is 22.2 Å². The van der Waals surface area contributed by atoms with E-state index in [-0.39, 0.29) is 11.2 Å². The molecule has 0 amide bonds. The maximum Gasteiger partial charge on any atom is 0.329 e. The number of nitrogens with one attached hydrogen (secondary N) is 1. The van der Waals surface area contributed by atoms with E-state index in [1.807, 2.05) is 6.92 Å². The molecule has 1 fully saturated rings. The van der Waals surface area contributed by atoms with Crippen molar-refractivity contribution in [1.29, 1.82) is 0 Å². The third kappa shape index (κ3) is 1.79. The van der Waals surface area contributed by atoms with E-state index in [1.165, 1.54) is 15.9 Å². The van der Waals surface area contributed by atoms with E-state index in [1.54, 1.807) is 0 Å². The molecular formula is C11H11BrN2O2S. The van der Waals surface area contributed by atoms with Crippen LogP contribution in [-0.2, 0) is 6.54 Å². The third-order valence-electron chi connectivity index (χ3n) is 3.15. The van der Waals surface area contributed by atoms with Crippen molar-refractivity contribution in [2.24, 2.45) is 5.92 Å². The molecule has 1 aliphatic carbocycles. The molecule has 90 valence electrons. The Kier molecular flexibility index (Phi) is 2.52. The molecule has 1 saturated carbocycles. The predicted molar refractivity (Wildman–Crippen MR) is 71.9 cm³/mol. The van der Waals surface area contributed by atoms with Gasteiger partial charge in [0.25, 0.3) is 5.56 Å². The lowest BCUT2D eigenvalue weighted by Gasteiger charge is -2.03. The van der Waals surface area contributed by atoms with Gasteiger partial charge in [-0.25, -0.2) is 4.79 Å². The number of nitrogens with zero attached hydrogens (tertiary/aromatic N) is 1. The summed E-state index contributed by atoms with van der Waals surface area (Å²) in [5.41, 5.74) is 0.467. The van der Waals surface area contributed by atoms with E-state index in [2.05, 4.69) is 20.9 Å². The Labute approximate surface area is 109 Å². The lowest BCUT2D eigenvalue weighted by Crippen LogP contribution is -2.35. The van der Waals surface area contributed by atoms with Crippen LogP contribution in [0.15, 0.2) is 13.4 Å². The highest BCUT2D eigenvalue weighted by atomic mass is 79.9. The zero-order valence-electron chi connectivity index (χ0n) is 9.25. The van der Waals surface area contributed by atoms with Crippen LogP contribution in [0.25, 0.3) is 10.2 Å². The summed E-state index contributed by atoms with van der Waals surface area (Å²) in [6.07, 6.45) is 2.24. The summed E-state index contributed by atoms with van der Waals surface area (Å²) < 4.78 is 2.25. The molecule has 4 nitrogen and oxygen atoms in total. The van der Waals surface area contributed by atoms with Crippen LogP contribution in [-0.4, -0.2) is 9.55 Å². The van der Waals surface area contributed by atoms with Gasteiger partial charge in [0.1, 0.15) is 4.83 Å². The molecule has 1 aliphatic rings. The fraction of sp³-hybridized carbons (Fsp3) is 0.455. The van der Waals surface area contributed by atoms with Crippen molar-refractivity contribution >= 4 is 37.5 Å². The molecule has 0 aromatic carbocycles. The number of H-pyrrole nitrogens is 1. The summed E-state index contributed by atoms with van der Waals surface area (Å²) in [6.45, 7) is 2.45. The number of thiophene rings is 1. The Balaban J connectivity index is 2.32. The first-order valence-electron chi connectivity index (χ1n) is 5.49. The molecule has 3 rings (SSSR count). The number of hydrogen-bond acceptors (Lipinski definition) is 3. The number of rotatable bonds is 2. The Hall–Kier alpha value is -0.880. The lowest BCUT2D eigenvalue weighted by atomic mass is 10.2. The van der Waals surface area contributed by atoms with Gasteiger partial charge in [0.2, 0.25) is 0 Å². The number of hydrogen-bond donors (Lipinski definition) is 1. The molecule has 2 aromatic rings. The van der Waals surface area contributed by atoms with Crippen LogP contribution in [0.2, 0.25) is 0 Å². The van der Waals surface area contributed by atoms with Crippen molar-refractivity contribution in [1.82, 2.24) is 9.55 Å². The summed E-state index contributed by atoms with van der Waals surface area (Å²) in [5.74, 6) is 0.508. The fourth-order valence-corrected chi connectivity index (χ4v) is 3.55. The molecule has 0 saturated heterocycles. The van der Waals surface area contributed by atoms with Gasteiger partial charge in [0.15, 0.2) is 0 Å². The van der Waals surface area contributed by atoms with Crippen molar-refractivity contribution in [2.45, 2.75) is 26.3 Å². The van der Waals surface area contributed by atoms with E-state index < -0.39 is 0 Å². The monoisotopic (exact) mass is 314 g/mol. The van der Waals surface area contributed by atoms with Gasteiger partial charge in [-0.2, -0.15) is 0 Å². The number of fused-ring (bicyclic) bond motifs is 1. The first kappa shape index (κ1) is 11.2. The molecule has 2 aromatic heterocycles. The Morgan fingerprint density at radius 2 is 2.18 bits per heavy atom. The average Bonchev–Trinajstić information content (AvgIpc) is 3.02. The van der Waals surface area contributed by atoms with Crippen molar-refractivity contribution in [3.63, 3.8) is 0 Å². The molecule has 0 radical (unpaired) electrons. The summed E-state index contributed by atoms with van der Waals surface area (Å²) in [7, 11) is 0. The number of halogens is 1. The van der Waals surface area contributed by atoms with Crippen LogP contribution >= 0.6 is 27.3 Å². The van der Waals surface area contributed by atoms with Crippen molar-refractivity contribution in [3.05, 3.63) is 30.2 Å². The average molecular weight is 315 g/mol. The minimum absolute atomic E-state index is 0.157. The van der Waals surface area contributed by atoms with E-state index in [4.69, 9.17) is 0 Å². The molecule has 1 N–H and O–H groups in total. The molecule has 0 unspecified atom stereocenters. The number of aryl methyl sites for hydroxylation is 1. The van der Waals surface area contributed by atoms with Crippen LogP contribution in [0.4, 0.5) is 0 Å². The van der Waals surface area contributed by atoms with Gasteiger partial charge in [-0.05, 0) is 47.2 Å². The molecule has 2 heterocycles. The minimum atomic E-state index is -0.289. The molecule has 6 heteroatoms. The Morgan fingerprint density at radius 3 is 2.82 bits per heavy atom. The second-order valence-electron chi connectivity index (χ2n) is 4.49. The van der Waals surface area contributed by atoms with Crippen molar-refractivity contribution < 1.29 is 0 Å². The topological polar surface area (TPSA) is 54.9 Å². The van der Waals surface area contributed by atoms with Gasteiger partial charge >= 0.3 is 5.69 Å². The van der Waals surface area contributed by atoms with Gasteiger partial charge in [0, 0.05) is 6.54 Å². The van der Waals surface area contributed by atoms with E-state index in [0.29, 0.717) is 22.7 Å². The lowest BCUT2D eigenvalue weighted by molar-refractivity contribution is 0.582. The third-order valence-corrected chi connectivity index (χ3v) is 5.23. The standard InChI is InChI=1S/C11H11BrN2O2S/c1-5-7-9(17-8(5)12)13-11(16)14(10(7)15)4-6-2-3-6/h6H,2-4H2,1H3,(H,13,16). The summed E-state index contributed by atoms with van der Waals surface area (Å²) in [4.78, 5) is 27.6. The van der Waals surface area contributed by atoms with Crippen molar-refractivity contribution in [2.75, 3.05) is 0 Å². The van der Waals surface area contributed by atoms with Gasteiger partial charge in [-0.3, -0.25) is 14.3 Å². The normalized spacial score (nSPS) is 15.6. The SMILES string of the molecule is Cc1c(Br)sc2[nH]c(=O)n(CC3CC3)c(=O)c12. The maximum absolute atomic E-state index is 12.3. The predicted octanol–water partition coefficient (Wildman–Crippen LogP) is 2.23. The highest BCUT2D eigenvalue weighted by Gasteiger charge is 2.24. The van der Waals surface area contributed by atoms with Crippen LogP contribution in [0.5, 0.6) is 0 Å². The quantitative estimate of drug-likeness (QED) is 0.924. The van der Waals surface area contributed by atoms with Crippen molar-refractivity contribution in [3.8, 4) is 0 Å². The minimum Gasteiger partial charge on any atom is -0.298 e. The first-order chi connectivity index (χ1) is 8.08. The van der Waals surface area contributed by atoms with E-state index >= 15 is 0 Å². The van der Waals surface area contributed by atoms with Crippen LogP contribution in [0.3, 0.4) is 0 Å². The zero-order chi connectivity index (χ0) is 12.2. The molecule has 0 spiro atoms. The highest BCUT2D eigenvalue weighted by molar-refractivity contribution is 9.11. The van der Waals surface area contributed by atoms with Gasteiger partial charge in [0.05, 0.1) is 9.17 Å². The molecule has 0 aliphatic heterocycles. The van der Waals surface area contributed by atoms with Crippen LogP contribution in [0, 0.1) is 12.8 Å². The van der Waals surface area contributed by atoms with Gasteiger partial charge in [-0.1, -0.05) is 0 Å². The largest absolute Gasteiger partial charge is 0.329 e. The molecule has 0 bridgehead atoms. The summed E-state index contributed by atoms with van der Waals surface area (Å²) in [5, 5.41) is 0.641. The second-order valence-corrected chi connectivity index (χ2v) is 6.83. The maximum atomic E-state index is 12.3. The second kappa shape index (κ2) is 3.81. The number of aromatic amines is 1. The van der Waals surface area contributed by atoms with Gasteiger partial charge < -0.3 is 0 Å². The van der Waals surface area contributed by atoms with Gasteiger partial charge in [-0.15, -0.1) is 11.3 Å². The highest BCUT2D eigenvalue weighted by Crippen LogP contribution is 2.32. The van der Waals surface area contributed by atoms with Crippen LogP contribution in [0.1, 0.15) is 18.4 Å². The smallest absolute Gasteiger partial charge is 0.298 e. The molecular weight excluding hydrogens is 304 g/mol.